The number of hydrogen-bond acceptors (Lipinski definition) is 2. The van der Waals surface area contributed by atoms with Gasteiger partial charge in [0.15, 0.2) is 0 Å². The highest BCUT2D eigenvalue weighted by molar-refractivity contribution is 5.93. The van der Waals surface area contributed by atoms with Crippen molar-refractivity contribution in [1.82, 2.24) is 9.88 Å². The van der Waals surface area contributed by atoms with Crippen LogP contribution in [-0.4, -0.2) is 40.1 Å². The molecule has 4 nitrogen and oxygen atoms in total. The van der Waals surface area contributed by atoms with E-state index in [9.17, 15) is 9.90 Å². The summed E-state index contributed by atoms with van der Waals surface area (Å²) in [5.41, 5.74) is 1.63. The second kappa shape index (κ2) is 4.29. The molecule has 0 aliphatic carbocycles. The third kappa shape index (κ3) is 3.10. The Morgan fingerprint density at radius 3 is 2.44 bits per heavy atom. The standard InChI is InChI=1S/C12H20N2O2/c1-8-6-9(2)13-10(8)11(15)14(5)7-12(3,4)16/h6,13,16H,7H2,1-5H3. The molecule has 1 aromatic rings. The number of aryl methyl sites for hydroxylation is 2. The Hall–Kier alpha value is -1.29. The highest BCUT2D eigenvalue weighted by Gasteiger charge is 2.22. The van der Waals surface area contributed by atoms with E-state index in [0.717, 1.165) is 11.3 Å². The first-order chi connectivity index (χ1) is 7.20. The number of H-pyrrole nitrogens is 1. The highest BCUT2D eigenvalue weighted by atomic mass is 16.3. The predicted molar refractivity (Wildman–Crippen MR) is 63.5 cm³/mol. The number of hydrogen-bond donors (Lipinski definition) is 2. The molecule has 1 rings (SSSR count). The Bertz CT molecular complexity index is 388. The van der Waals surface area contributed by atoms with E-state index < -0.39 is 5.60 Å². The van der Waals surface area contributed by atoms with Gasteiger partial charge in [0.1, 0.15) is 5.69 Å². The van der Waals surface area contributed by atoms with Crippen LogP contribution in [0.1, 0.15) is 35.6 Å². The molecule has 0 aliphatic heterocycles. The monoisotopic (exact) mass is 224 g/mol. The first kappa shape index (κ1) is 12.8. The number of nitrogens with one attached hydrogen (secondary N) is 1. The second-order valence-electron chi connectivity index (χ2n) is 4.98. The van der Waals surface area contributed by atoms with Crippen LogP contribution in [-0.2, 0) is 0 Å². The van der Waals surface area contributed by atoms with Crippen LogP contribution in [0.3, 0.4) is 0 Å². The van der Waals surface area contributed by atoms with Gasteiger partial charge in [-0.2, -0.15) is 0 Å². The average molecular weight is 224 g/mol. The number of amides is 1. The number of carbonyl (C=O) groups is 1. The van der Waals surface area contributed by atoms with Gasteiger partial charge < -0.3 is 15.0 Å². The molecule has 0 aromatic carbocycles. The van der Waals surface area contributed by atoms with Gasteiger partial charge in [-0.3, -0.25) is 4.79 Å². The van der Waals surface area contributed by atoms with Crippen molar-refractivity contribution in [2.24, 2.45) is 0 Å². The fourth-order valence-corrected chi connectivity index (χ4v) is 1.79. The molecular formula is C12H20N2O2. The molecule has 0 saturated carbocycles. The first-order valence-electron chi connectivity index (χ1n) is 5.35. The molecule has 4 heteroatoms. The molecular weight excluding hydrogens is 204 g/mol. The zero-order chi connectivity index (χ0) is 12.5. The number of nitrogens with zero attached hydrogens (tertiary/aromatic N) is 1. The lowest BCUT2D eigenvalue weighted by Crippen LogP contribution is -2.40. The lowest BCUT2D eigenvalue weighted by Gasteiger charge is -2.25. The molecule has 0 radical (unpaired) electrons. The maximum absolute atomic E-state index is 12.0. The van der Waals surface area contributed by atoms with E-state index in [1.165, 1.54) is 4.90 Å². The van der Waals surface area contributed by atoms with Crippen molar-refractivity contribution in [3.8, 4) is 0 Å². The van der Waals surface area contributed by atoms with E-state index in [2.05, 4.69) is 4.98 Å². The first-order valence-corrected chi connectivity index (χ1v) is 5.35. The van der Waals surface area contributed by atoms with E-state index in [1.807, 2.05) is 19.9 Å². The minimum Gasteiger partial charge on any atom is -0.389 e. The van der Waals surface area contributed by atoms with Gasteiger partial charge in [-0.15, -0.1) is 0 Å². The van der Waals surface area contributed by atoms with Gasteiger partial charge in [0.2, 0.25) is 0 Å². The third-order valence-electron chi connectivity index (χ3n) is 2.33. The Labute approximate surface area is 96.3 Å². The molecule has 1 amide bonds. The van der Waals surface area contributed by atoms with Gasteiger partial charge in [-0.1, -0.05) is 0 Å². The van der Waals surface area contributed by atoms with Crippen LogP contribution >= 0.6 is 0 Å². The molecule has 2 N–H and O–H groups in total. The molecule has 0 aliphatic rings. The summed E-state index contributed by atoms with van der Waals surface area (Å²) < 4.78 is 0. The molecule has 90 valence electrons. The van der Waals surface area contributed by atoms with E-state index in [1.54, 1.807) is 20.9 Å². The summed E-state index contributed by atoms with van der Waals surface area (Å²) in [7, 11) is 1.69. The summed E-state index contributed by atoms with van der Waals surface area (Å²) in [6.07, 6.45) is 0. The van der Waals surface area contributed by atoms with Crippen molar-refractivity contribution in [2.75, 3.05) is 13.6 Å². The fraction of sp³-hybridized carbons (Fsp3) is 0.583. The lowest BCUT2D eigenvalue weighted by atomic mass is 10.1. The Balaban J connectivity index is 2.82. The zero-order valence-corrected chi connectivity index (χ0v) is 10.6. The average Bonchev–Trinajstić information content (AvgIpc) is 2.41. The Morgan fingerprint density at radius 1 is 1.50 bits per heavy atom. The lowest BCUT2D eigenvalue weighted by molar-refractivity contribution is 0.0364. The van der Waals surface area contributed by atoms with Crippen LogP contribution in [0.25, 0.3) is 0 Å². The molecule has 0 fully saturated rings. The smallest absolute Gasteiger partial charge is 0.270 e. The topological polar surface area (TPSA) is 56.3 Å². The van der Waals surface area contributed by atoms with Crippen molar-refractivity contribution < 1.29 is 9.90 Å². The molecule has 0 unspecified atom stereocenters. The van der Waals surface area contributed by atoms with Gasteiger partial charge in [0.25, 0.3) is 5.91 Å². The van der Waals surface area contributed by atoms with Crippen LogP contribution in [0.2, 0.25) is 0 Å². The fourth-order valence-electron chi connectivity index (χ4n) is 1.79. The van der Waals surface area contributed by atoms with Crippen LogP contribution in [0.4, 0.5) is 0 Å². The molecule has 0 saturated heterocycles. The summed E-state index contributed by atoms with van der Waals surface area (Å²) >= 11 is 0. The van der Waals surface area contributed by atoms with Crippen molar-refractivity contribution >= 4 is 5.91 Å². The van der Waals surface area contributed by atoms with Crippen LogP contribution in [0.15, 0.2) is 6.07 Å². The maximum atomic E-state index is 12.0. The summed E-state index contributed by atoms with van der Waals surface area (Å²) in [6, 6.07) is 1.94. The number of rotatable bonds is 3. The molecule has 1 heterocycles. The van der Waals surface area contributed by atoms with E-state index in [0.29, 0.717) is 12.2 Å². The molecule has 16 heavy (non-hydrogen) atoms. The zero-order valence-electron chi connectivity index (χ0n) is 10.6. The van der Waals surface area contributed by atoms with E-state index in [-0.39, 0.29) is 5.91 Å². The van der Waals surface area contributed by atoms with Crippen LogP contribution < -0.4 is 0 Å². The molecule has 0 bridgehead atoms. The SMILES string of the molecule is Cc1cc(C)c(C(=O)N(C)CC(C)(C)O)[nH]1. The van der Waals surface area contributed by atoms with Crippen molar-refractivity contribution in [2.45, 2.75) is 33.3 Å². The van der Waals surface area contributed by atoms with Crippen molar-refractivity contribution in [3.63, 3.8) is 0 Å². The Kier molecular flexibility index (Phi) is 3.43. The highest BCUT2D eigenvalue weighted by Crippen LogP contribution is 2.13. The summed E-state index contributed by atoms with van der Waals surface area (Å²) in [4.78, 5) is 16.6. The molecule has 0 atom stereocenters. The number of aromatic nitrogens is 1. The van der Waals surface area contributed by atoms with E-state index in [4.69, 9.17) is 0 Å². The number of aromatic amines is 1. The molecule has 1 aromatic heterocycles. The largest absolute Gasteiger partial charge is 0.389 e. The number of likely N-dealkylation sites (N-methyl/N-ethyl adjacent to an activating group) is 1. The van der Waals surface area contributed by atoms with Crippen molar-refractivity contribution in [1.29, 1.82) is 0 Å². The van der Waals surface area contributed by atoms with Crippen LogP contribution in [0, 0.1) is 13.8 Å². The Morgan fingerprint density at radius 2 is 2.06 bits per heavy atom. The normalized spacial score (nSPS) is 11.6. The van der Waals surface area contributed by atoms with Gasteiger partial charge in [-0.05, 0) is 39.3 Å². The van der Waals surface area contributed by atoms with Crippen LogP contribution in [0.5, 0.6) is 0 Å². The summed E-state index contributed by atoms with van der Waals surface area (Å²) in [6.45, 7) is 7.49. The van der Waals surface area contributed by atoms with Crippen molar-refractivity contribution in [3.05, 3.63) is 23.0 Å². The second-order valence-corrected chi connectivity index (χ2v) is 4.98. The van der Waals surface area contributed by atoms with Gasteiger partial charge in [0, 0.05) is 19.3 Å². The maximum Gasteiger partial charge on any atom is 0.270 e. The molecule has 0 spiro atoms. The minimum atomic E-state index is -0.875. The summed E-state index contributed by atoms with van der Waals surface area (Å²) in [5.74, 6) is -0.0901. The quantitative estimate of drug-likeness (QED) is 0.817. The predicted octanol–water partition coefficient (Wildman–Crippen LogP) is 1.47. The van der Waals surface area contributed by atoms with Gasteiger partial charge in [-0.25, -0.2) is 0 Å². The van der Waals surface area contributed by atoms with E-state index >= 15 is 0 Å². The van der Waals surface area contributed by atoms with Gasteiger partial charge in [0.05, 0.1) is 5.60 Å². The summed E-state index contributed by atoms with van der Waals surface area (Å²) in [5, 5.41) is 9.65. The van der Waals surface area contributed by atoms with Gasteiger partial charge >= 0.3 is 0 Å². The number of aliphatic hydroxyl groups is 1. The minimum absolute atomic E-state index is 0.0901. The third-order valence-corrected chi connectivity index (χ3v) is 2.33. The number of carbonyl (C=O) groups excluding carboxylic acids is 1.